The summed E-state index contributed by atoms with van der Waals surface area (Å²) in [6, 6.07) is 8.66. The fourth-order valence-corrected chi connectivity index (χ4v) is 5.52. The number of nitrogens with two attached hydrogens (primary N) is 3. The fourth-order valence-electron chi connectivity index (χ4n) is 4.46. The van der Waals surface area contributed by atoms with Gasteiger partial charge >= 0.3 is 12.0 Å². The number of amides is 3. The highest BCUT2D eigenvalue weighted by atomic mass is 32.1. The van der Waals surface area contributed by atoms with Gasteiger partial charge in [0.05, 0.1) is 5.56 Å². The molecule has 184 valence electrons. The first-order valence-corrected chi connectivity index (χ1v) is 12.5. The van der Waals surface area contributed by atoms with Crippen LogP contribution in [-0.2, 0) is 16.0 Å². The number of primary amides is 2. The zero-order valence-electron chi connectivity index (χ0n) is 19.8. The number of benzene rings is 1. The number of urea groups is 1. The summed E-state index contributed by atoms with van der Waals surface area (Å²) in [7, 11) is 0. The maximum atomic E-state index is 13.0. The Balaban J connectivity index is 1.77. The van der Waals surface area contributed by atoms with Gasteiger partial charge in [-0.1, -0.05) is 38.1 Å². The van der Waals surface area contributed by atoms with Crippen molar-refractivity contribution >= 4 is 34.2 Å². The van der Waals surface area contributed by atoms with Crippen molar-refractivity contribution in [3.05, 3.63) is 41.5 Å². The molecule has 0 radical (unpaired) electrons. The maximum absolute atomic E-state index is 13.0. The van der Waals surface area contributed by atoms with Crippen molar-refractivity contribution in [3.8, 4) is 10.4 Å². The van der Waals surface area contributed by atoms with Gasteiger partial charge in [0, 0.05) is 4.88 Å². The van der Waals surface area contributed by atoms with Crippen molar-refractivity contribution in [1.82, 2.24) is 0 Å². The van der Waals surface area contributed by atoms with Crippen molar-refractivity contribution in [2.75, 3.05) is 5.32 Å². The third kappa shape index (κ3) is 6.57. The zero-order valence-corrected chi connectivity index (χ0v) is 20.6. The van der Waals surface area contributed by atoms with Crippen LogP contribution in [0.2, 0.25) is 0 Å². The Labute approximate surface area is 204 Å². The fraction of sp³-hybridized carbons (Fsp3) is 0.480. The summed E-state index contributed by atoms with van der Waals surface area (Å²) in [6.07, 6.45) is 5.58. The predicted molar refractivity (Wildman–Crippen MR) is 135 cm³/mol. The zero-order chi connectivity index (χ0) is 24.9. The lowest BCUT2D eigenvalue weighted by atomic mass is 9.84. The van der Waals surface area contributed by atoms with E-state index in [1.165, 1.54) is 11.3 Å². The summed E-state index contributed by atoms with van der Waals surface area (Å²) in [6.45, 7) is 4.10. The molecular weight excluding hydrogens is 452 g/mol. The second-order valence-corrected chi connectivity index (χ2v) is 10.5. The van der Waals surface area contributed by atoms with E-state index in [4.69, 9.17) is 21.9 Å². The summed E-state index contributed by atoms with van der Waals surface area (Å²) >= 11 is 1.22. The molecule has 34 heavy (non-hydrogen) atoms. The van der Waals surface area contributed by atoms with Crippen LogP contribution in [0.15, 0.2) is 30.3 Å². The molecule has 0 bridgehead atoms. The number of aryl methyl sites for hydroxylation is 1. The van der Waals surface area contributed by atoms with E-state index >= 15 is 0 Å². The van der Waals surface area contributed by atoms with E-state index in [0.29, 0.717) is 24.3 Å². The van der Waals surface area contributed by atoms with Crippen LogP contribution in [-0.4, -0.2) is 29.6 Å². The number of anilines is 1. The van der Waals surface area contributed by atoms with Gasteiger partial charge in [0.15, 0.2) is 0 Å². The minimum absolute atomic E-state index is 0.0209. The molecule has 3 rings (SSSR count). The molecule has 0 aliphatic heterocycles. The van der Waals surface area contributed by atoms with Crippen LogP contribution < -0.4 is 22.5 Å². The van der Waals surface area contributed by atoms with E-state index in [1.807, 2.05) is 24.3 Å². The largest absolute Gasteiger partial charge is 0.461 e. The van der Waals surface area contributed by atoms with Gasteiger partial charge in [-0.25, -0.2) is 4.79 Å². The van der Waals surface area contributed by atoms with Gasteiger partial charge in [0.2, 0.25) is 0 Å². The molecular formula is C25H34N4O4S. The smallest absolute Gasteiger partial charge is 0.326 e. The number of carbonyl (C=O) groups is 3. The van der Waals surface area contributed by atoms with E-state index in [0.717, 1.165) is 41.7 Å². The molecule has 0 saturated heterocycles. The van der Waals surface area contributed by atoms with Crippen LogP contribution in [0, 0.1) is 5.92 Å². The van der Waals surface area contributed by atoms with Crippen molar-refractivity contribution in [2.45, 2.75) is 70.4 Å². The normalized spacial score (nSPS) is 15.8. The van der Waals surface area contributed by atoms with Gasteiger partial charge in [-0.05, 0) is 68.1 Å². The Bertz CT molecular complexity index is 1050. The number of rotatable bonds is 10. The van der Waals surface area contributed by atoms with Crippen molar-refractivity contribution in [2.24, 2.45) is 23.1 Å². The van der Waals surface area contributed by atoms with Gasteiger partial charge in [-0.2, -0.15) is 0 Å². The molecule has 1 atom stereocenters. The predicted octanol–water partition coefficient (Wildman–Crippen LogP) is 4.17. The molecule has 1 fully saturated rings. The molecule has 9 heteroatoms. The van der Waals surface area contributed by atoms with Gasteiger partial charge in [-0.3, -0.25) is 14.9 Å². The van der Waals surface area contributed by atoms with Crippen molar-refractivity contribution in [3.63, 3.8) is 0 Å². The molecule has 1 aliphatic rings. The van der Waals surface area contributed by atoms with Gasteiger partial charge < -0.3 is 21.9 Å². The lowest BCUT2D eigenvalue weighted by Crippen LogP contribution is -2.51. The number of esters is 1. The SMILES string of the molecule is CC(C)C[C@@](N)(CCc1cccc(-c2cc(C(N)=O)c(NC(N)=O)s2)c1)C(=O)OC1CCCC1. The number of thiophene rings is 1. The molecule has 1 aromatic carbocycles. The van der Waals surface area contributed by atoms with E-state index in [9.17, 15) is 14.4 Å². The average Bonchev–Trinajstić information content (AvgIpc) is 3.41. The lowest BCUT2D eigenvalue weighted by Gasteiger charge is -2.30. The van der Waals surface area contributed by atoms with Crippen LogP contribution in [0.4, 0.5) is 9.80 Å². The Hall–Kier alpha value is -2.91. The Morgan fingerprint density at radius 2 is 1.88 bits per heavy atom. The first kappa shape index (κ1) is 25.7. The second-order valence-electron chi connectivity index (χ2n) is 9.47. The van der Waals surface area contributed by atoms with Gasteiger partial charge in [0.25, 0.3) is 5.91 Å². The second kappa shape index (κ2) is 11.0. The minimum Gasteiger partial charge on any atom is -0.461 e. The first-order valence-electron chi connectivity index (χ1n) is 11.7. The summed E-state index contributed by atoms with van der Waals surface area (Å²) < 4.78 is 5.78. The highest BCUT2D eigenvalue weighted by Crippen LogP contribution is 2.36. The third-order valence-electron chi connectivity index (χ3n) is 6.06. The number of carbonyl (C=O) groups excluding carboxylic acids is 3. The molecule has 1 heterocycles. The summed E-state index contributed by atoms with van der Waals surface area (Å²) in [5, 5.41) is 2.77. The molecule has 0 unspecified atom stereocenters. The highest BCUT2D eigenvalue weighted by molar-refractivity contribution is 7.20. The monoisotopic (exact) mass is 486 g/mol. The summed E-state index contributed by atoms with van der Waals surface area (Å²) in [4.78, 5) is 36.9. The topological polar surface area (TPSA) is 151 Å². The van der Waals surface area contributed by atoms with E-state index in [-0.39, 0.29) is 23.6 Å². The average molecular weight is 487 g/mol. The molecule has 8 nitrogen and oxygen atoms in total. The third-order valence-corrected chi connectivity index (χ3v) is 7.16. The minimum atomic E-state index is -1.05. The van der Waals surface area contributed by atoms with Crippen LogP contribution in [0.5, 0.6) is 0 Å². The highest BCUT2D eigenvalue weighted by Gasteiger charge is 2.37. The van der Waals surface area contributed by atoms with Crippen LogP contribution in [0.3, 0.4) is 0 Å². The van der Waals surface area contributed by atoms with Gasteiger partial charge in [-0.15, -0.1) is 11.3 Å². The molecule has 2 aromatic rings. The van der Waals surface area contributed by atoms with Crippen LogP contribution in [0.1, 0.15) is 68.3 Å². The summed E-state index contributed by atoms with van der Waals surface area (Å²) in [5.74, 6) is -0.706. The Morgan fingerprint density at radius 3 is 2.50 bits per heavy atom. The quantitative estimate of drug-likeness (QED) is 0.372. The van der Waals surface area contributed by atoms with E-state index in [1.54, 1.807) is 6.07 Å². The lowest BCUT2D eigenvalue weighted by molar-refractivity contribution is -0.156. The molecule has 1 aromatic heterocycles. The van der Waals surface area contributed by atoms with Crippen LogP contribution in [0.25, 0.3) is 10.4 Å². The molecule has 0 spiro atoms. The Kier molecular flexibility index (Phi) is 8.33. The number of hydrogen-bond acceptors (Lipinski definition) is 6. The summed E-state index contributed by atoms with van der Waals surface area (Å²) in [5.41, 5.74) is 18.3. The van der Waals surface area contributed by atoms with Crippen molar-refractivity contribution in [1.29, 1.82) is 0 Å². The molecule has 1 saturated carbocycles. The van der Waals surface area contributed by atoms with E-state index in [2.05, 4.69) is 19.2 Å². The van der Waals surface area contributed by atoms with Gasteiger partial charge in [0.1, 0.15) is 16.6 Å². The first-order chi connectivity index (χ1) is 16.1. The van der Waals surface area contributed by atoms with E-state index < -0.39 is 17.5 Å². The van der Waals surface area contributed by atoms with Crippen LogP contribution >= 0.6 is 11.3 Å². The molecule has 7 N–H and O–H groups in total. The maximum Gasteiger partial charge on any atom is 0.326 e. The number of nitrogens with one attached hydrogen (secondary N) is 1. The number of ether oxygens (including phenoxy) is 1. The Morgan fingerprint density at radius 1 is 1.18 bits per heavy atom. The molecule has 3 amide bonds. The number of hydrogen-bond donors (Lipinski definition) is 4. The molecule has 1 aliphatic carbocycles. The standard InChI is InChI=1S/C25H34N4O4S/c1-15(2)14-25(28,23(31)33-18-8-3-4-9-18)11-10-16-6-5-7-17(12-16)20-13-19(21(26)30)22(34-20)29-24(27)32/h5-7,12-13,15,18H,3-4,8-11,14,28H2,1-2H3,(H2,26,30)(H3,27,29,32)/t25-/m0/s1. The van der Waals surface area contributed by atoms with Crippen molar-refractivity contribution < 1.29 is 19.1 Å².